The zero-order chi connectivity index (χ0) is 9.26. The van der Waals surface area contributed by atoms with Gasteiger partial charge in [0.05, 0.1) is 19.4 Å². The summed E-state index contributed by atoms with van der Waals surface area (Å²) in [6.07, 6.45) is 2.96. The third-order valence-corrected chi connectivity index (χ3v) is 2.31. The monoisotopic (exact) mass is 180 g/mol. The number of hydrogen-bond acceptors (Lipinski definition) is 2. The predicted molar refractivity (Wildman–Crippen MR) is 50.4 cm³/mol. The van der Waals surface area contributed by atoms with Gasteiger partial charge in [-0.05, 0) is 5.92 Å². The van der Waals surface area contributed by atoms with Crippen molar-refractivity contribution in [3.8, 4) is 0 Å². The fourth-order valence-electron chi connectivity index (χ4n) is 1.71. The van der Waals surface area contributed by atoms with Crippen molar-refractivity contribution < 1.29 is 4.74 Å². The normalized spacial score (nSPS) is 16.2. The molecule has 0 fully saturated rings. The van der Waals surface area contributed by atoms with Crippen LogP contribution in [-0.4, -0.2) is 16.4 Å². The van der Waals surface area contributed by atoms with Crippen LogP contribution in [0.2, 0.25) is 0 Å². The highest BCUT2D eigenvalue weighted by molar-refractivity contribution is 5.18. The van der Waals surface area contributed by atoms with E-state index in [0.717, 1.165) is 26.2 Å². The molecule has 2 rings (SSSR count). The summed E-state index contributed by atoms with van der Waals surface area (Å²) in [5.74, 6) is 0.659. The molecule has 0 atom stereocenters. The van der Waals surface area contributed by atoms with Crippen LogP contribution >= 0.6 is 0 Å². The van der Waals surface area contributed by atoms with Crippen LogP contribution in [-0.2, 0) is 24.3 Å². The Hall–Kier alpha value is -0.830. The van der Waals surface area contributed by atoms with Gasteiger partial charge in [-0.1, -0.05) is 13.8 Å². The van der Waals surface area contributed by atoms with Gasteiger partial charge in [0.15, 0.2) is 0 Å². The summed E-state index contributed by atoms with van der Waals surface area (Å²) in [6.45, 7) is 7.04. The highest BCUT2D eigenvalue weighted by Gasteiger charge is 2.15. The first kappa shape index (κ1) is 8.75. The SMILES string of the molecule is CC(C)Cn1ncc2c1CCOC2. The molecule has 0 radical (unpaired) electrons. The van der Waals surface area contributed by atoms with Gasteiger partial charge < -0.3 is 4.74 Å². The van der Waals surface area contributed by atoms with E-state index in [1.54, 1.807) is 0 Å². The van der Waals surface area contributed by atoms with Crippen LogP contribution in [0.15, 0.2) is 6.20 Å². The lowest BCUT2D eigenvalue weighted by Gasteiger charge is -2.15. The third-order valence-electron chi connectivity index (χ3n) is 2.31. The van der Waals surface area contributed by atoms with Gasteiger partial charge >= 0.3 is 0 Å². The van der Waals surface area contributed by atoms with Crippen molar-refractivity contribution in [1.82, 2.24) is 9.78 Å². The van der Waals surface area contributed by atoms with E-state index < -0.39 is 0 Å². The minimum Gasteiger partial charge on any atom is -0.376 e. The van der Waals surface area contributed by atoms with Crippen LogP contribution < -0.4 is 0 Å². The van der Waals surface area contributed by atoms with Gasteiger partial charge in [0, 0.05) is 24.2 Å². The van der Waals surface area contributed by atoms with E-state index in [1.165, 1.54) is 11.3 Å². The first-order valence-corrected chi connectivity index (χ1v) is 4.88. The van der Waals surface area contributed by atoms with Crippen molar-refractivity contribution in [2.45, 2.75) is 33.4 Å². The molecule has 1 aliphatic rings. The largest absolute Gasteiger partial charge is 0.376 e. The van der Waals surface area contributed by atoms with Gasteiger partial charge in [-0.3, -0.25) is 4.68 Å². The Kier molecular flexibility index (Phi) is 2.36. The van der Waals surface area contributed by atoms with Crippen LogP contribution in [0.25, 0.3) is 0 Å². The molecule has 0 N–H and O–H groups in total. The number of ether oxygens (including phenoxy) is 1. The predicted octanol–water partition coefficient (Wildman–Crippen LogP) is 1.61. The maximum Gasteiger partial charge on any atom is 0.0750 e. The van der Waals surface area contributed by atoms with Gasteiger partial charge in [-0.25, -0.2) is 0 Å². The molecule has 72 valence electrons. The summed E-state index contributed by atoms with van der Waals surface area (Å²) in [4.78, 5) is 0. The number of aromatic nitrogens is 2. The van der Waals surface area contributed by atoms with Crippen molar-refractivity contribution in [2.24, 2.45) is 5.92 Å². The quantitative estimate of drug-likeness (QED) is 0.691. The molecule has 1 aromatic heterocycles. The lowest BCUT2D eigenvalue weighted by Crippen LogP contribution is -2.15. The molecule has 0 spiro atoms. The fraction of sp³-hybridized carbons (Fsp3) is 0.700. The molecule has 3 nitrogen and oxygen atoms in total. The molecule has 1 aromatic rings. The van der Waals surface area contributed by atoms with Crippen LogP contribution in [0.1, 0.15) is 25.1 Å². The Morgan fingerprint density at radius 1 is 1.62 bits per heavy atom. The molecular formula is C10H16N2O. The highest BCUT2D eigenvalue weighted by Crippen LogP contribution is 2.16. The topological polar surface area (TPSA) is 27.1 Å². The molecule has 0 bridgehead atoms. The van der Waals surface area contributed by atoms with E-state index in [4.69, 9.17) is 4.74 Å². The number of rotatable bonds is 2. The summed E-state index contributed by atoms with van der Waals surface area (Å²) in [6, 6.07) is 0. The number of nitrogens with zero attached hydrogens (tertiary/aromatic N) is 2. The fourth-order valence-corrected chi connectivity index (χ4v) is 1.71. The Morgan fingerprint density at radius 3 is 3.23 bits per heavy atom. The van der Waals surface area contributed by atoms with Crippen molar-refractivity contribution in [1.29, 1.82) is 0 Å². The maximum absolute atomic E-state index is 5.36. The van der Waals surface area contributed by atoms with Gasteiger partial charge in [-0.2, -0.15) is 5.10 Å². The van der Waals surface area contributed by atoms with E-state index in [0.29, 0.717) is 5.92 Å². The number of fused-ring (bicyclic) bond motifs is 1. The summed E-state index contributed by atoms with van der Waals surface area (Å²) in [5, 5.41) is 4.37. The van der Waals surface area contributed by atoms with E-state index in [9.17, 15) is 0 Å². The van der Waals surface area contributed by atoms with Gasteiger partial charge in [0.2, 0.25) is 0 Å². The molecule has 0 unspecified atom stereocenters. The van der Waals surface area contributed by atoms with Crippen LogP contribution in [0.3, 0.4) is 0 Å². The van der Waals surface area contributed by atoms with Crippen LogP contribution in [0, 0.1) is 5.92 Å². The molecular weight excluding hydrogens is 164 g/mol. The Labute approximate surface area is 78.7 Å². The van der Waals surface area contributed by atoms with Gasteiger partial charge in [0.1, 0.15) is 0 Å². The molecule has 13 heavy (non-hydrogen) atoms. The van der Waals surface area contributed by atoms with Gasteiger partial charge in [-0.15, -0.1) is 0 Å². The molecule has 0 saturated carbocycles. The summed E-state index contributed by atoms with van der Waals surface area (Å²) in [5.41, 5.74) is 2.65. The molecule has 0 saturated heterocycles. The Morgan fingerprint density at radius 2 is 2.46 bits per heavy atom. The first-order valence-electron chi connectivity index (χ1n) is 4.88. The second-order valence-electron chi connectivity index (χ2n) is 4.00. The maximum atomic E-state index is 5.36. The van der Waals surface area contributed by atoms with E-state index in [2.05, 4.69) is 23.6 Å². The zero-order valence-electron chi connectivity index (χ0n) is 8.29. The van der Waals surface area contributed by atoms with Gasteiger partial charge in [0.25, 0.3) is 0 Å². The molecule has 0 amide bonds. The first-order chi connectivity index (χ1) is 6.27. The van der Waals surface area contributed by atoms with E-state index in [-0.39, 0.29) is 0 Å². The molecule has 3 heteroatoms. The van der Waals surface area contributed by atoms with Crippen molar-refractivity contribution in [3.63, 3.8) is 0 Å². The lowest BCUT2D eigenvalue weighted by molar-refractivity contribution is 0.108. The Balaban J connectivity index is 2.21. The van der Waals surface area contributed by atoms with Crippen molar-refractivity contribution in [3.05, 3.63) is 17.5 Å². The second-order valence-corrected chi connectivity index (χ2v) is 4.00. The van der Waals surface area contributed by atoms with Crippen molar-refractivity contribution >= 4 is 0 Å². The molecule has 0 aromatic carbocycles. The standard InChI is InChI=1S/C10H16N2O/c1-8(2)6-12-10-3-4-13-7-9(10)5-11-12/h5,8H,3-4,6-7H2,1-2H3. The van der Waals surface area contributed by atoms with E-state index in [1.807, 2.05) is 6.20 Å². The Bertz CT molecular complexity index is 291. The second kappa shape index (κ2) is 3.50. The third kappa shape index (κ3) is 1.75. The zero-order valence-corrected chi connectivity index (χ0v) is 8.29. The average Bonchev–Trinajstić information content (AvgIpc) is 2.48. The summed E-state index contributed by atoms with van der Waals surface area (Å²) < 4.78 is 7.49. The summed E-state index contributed by atoms with van der Waals surface area (Å²) >= 11 is 0. The highest BCUT2D eigenvalue weighted by atomic mass is 16.5. The molecule has 0 aliphatic carbocycles. The molecule has 1 aliphatic heterocycles. The average molecular weight is 180 g/mol. The summed E-state index contributed by atoms with van der Waals surface area (Å²) in [7, 11) is 0. The van der Waals surface area contributed by atoms with E-state index >= 15 is 0 Å². The number of hydrogen-bond donors (Lipinski definition) is 0. The minimum atomic E-state index is 0.659. The smallest absolute Gasteiger partial charge is 0.0750 e. The van der Waals surface area contributed by atoms with Crippen molar-refractivity contribution in [2.75, 3.05) is 6.61 Å². The lowest BCUT2D eigenvalue weighted by atomic mass is 10.1. The van der Waals surface area contributed by atoms with Crippen LogP contribution in [0.5, 0.6) is 0 Å². The minimum absolute atomic E-state index is 0.659. The molecule has 2 heterocycles. The van der Waals surface area contributed by atoms with Crippen LogP contribution in [0.4, 0.5) is 0 Å².